The second kappa shape index (κ2) is 6.47. The van der Waals surface area contributed by atoms with Crippen LogP contribution < -0.4 is 16.8 Å². The van der Waals surface area contributed by atoms with Gasteiger partial charge in [-0.25, -0.2) is 4.98 Å². The van der Waals surface area contributed by atoms with Crippen LogP contribution in [0.5, 0.6) is 0 Å². The number of nitrogens with zero attached hydrogens (tertiary/aromatic N) is 1. The highest BCUT2D eigenvalue weighted by Crippen LogP contribution is 2.33. The minimum absolute atomic E-state index is 0.0789. The summed E-state index contributed by atoms with van der Waals surface area (Å²) in [4.78, 5) is 28.7. The molecule has 1 fully saturated rings. The summed E-state index contributed by atoms with van der Waals surface area (Å²) in [7, 11) is 0. The van der Waals surface area contributed by atoms with E-state index < -0.39 is 5.91 Å². The van der Waals surface area contributed by atoms with Gasteiger partial charge in [-0.3, -0.25) is 9.59 Å². The molecule has 5 N–H and O–H groups in total. The second-order valence-electron chi connectivity index (χ2n) is 5.41. The number of primary amides is 1. The van der Waals surface area contributed by atoms with Crippen molar-refractivity contribution >= 4 is 28.2 Å². The first-order valence-corrected chi connectivity index (χ1v) is 8.15. The van der Waals surface area contributed by atoms with Crippen molar-refractivity contribution in [3.8, 4) is 10.4 Å². The van der Waals surface area contributed by atoms with Gasteiger partial charge in [0.1, 0.15) is 5.69 Å². The van der Waals surface area contributed by atoms with Crippen molar-refractivity contribution in [2.75, 3.05) is 12.3 Å². The van der Waals surface area contributed by atoms with Crippen LogP contribution in [0.25, 0.3) is 10.4 Å². The first kappa shape index (κ1) is 15.6. The fraction of sp³-hybridized carbons (Fsp3) is 0.250. The molecule has 1 atom stereocenters. The third-order valence-electron chi connectivity index (χ3n) is 3.74. The monoisotopic (exact) mass is 329 g/mol. The molecule has 1 unspecified atom stereocenters. The van der Waals surface area contributed by atoms with Gasteiger partial charge in [0.2, 0.25) is 5.91 Å². The molecule has 6 nitrogen and oxygen atoms in total. The maximum Gasteiger partial charge on any atom is 0.248 e. The van der Waals surface area contributed by atoms with E-state index in [0.717, 1.165) is 19.4 Å². The lowest BCUT2D eigenvalue weighted by molar-refractivity contribution is 0.0997. The van der Waals surface area contributed by atoms with Crippen LogP contribution in [0.2, 0.25) is 0 Å². The molecule has 0 aliphatic carbocycles. The highest BCUT2D eigenvalue weighted by molar-refractivity contribution is 7.19. The van der Waals surface area contributed by atoms with Crippen LogP contribution in [0.1, 0.15) is 33.7 Å². The molecule has 0 saturated carbocycles. The van der Waals surface area contributed by atoms with E-state index in [0.29, 0.717) is 26.8 Å². The van der Waals surface area contributed by atoms with Gasteiger partial charge in [-0.15, -0.1) is 0 Å². The van der Waals surface area contributed by atoms with Crippen LogP contribution in [0.4, 0.5) is 5.13 Å². The van der Waals surface area contributed by atoms with Gasteiger partial charge in [0.25, 0.3) is 0 Å². The van der Waals surface area contributed by atoms with Crippen LogP contribution in [-0.4, -0.2) is 29.3 Å². The summed E-state index contributed by atoms with van der Waals surface area (Å²) >= 11 is 1.23. The average molecular weight is 329 g/mol. The van der Waals surface area contributed by atoms with E-state index in [1.165, 1.54) is 11.3 Å². The predicted molar refractivity (Wildman–Crippen MR) is 90.1 cm³/mol. The fourth-order valence-electron chi connectivity index (χ4n) is 2.63. The fourth-order valence-corrected chi connectivity index (χ4v) is 3.46. The summed E-state index contributed by atoms with van der Waals surface area (Å²) < 4.78 is 0. The first-order valence-electron chi connectivity index (χ1n) is 7.33. The Labute approximate surface area is 137 Å². The number of anilines is 1. The molecule has 1 radical (unpaired) electrons. The van der Waals surface area contributed by atoms with E-state index in [1.807, 2.05) is 6.07 Å². The van der Waals surface area contributed by atoms with Gasteiger partial charge < -0.3 is 16.8 Å². The largest absolute Gasteiger partial charge is 0.375 e. The molecule has 0 bridgehead atoms. The molecule has 2 heterocycles. The third-order valence-corrected chi connectivity index (χ3v) is 4.67. The van der Waals surface area contributed by atoms with Crippen LogP contribution >= 0.6 is 11.3 Å². The number of nitrogens with one attached hydrogen (secondary N) is 1. The van der Waals surface area contributed by atoms with Crippen LogP contribution in [0, 0.1) is 6.42 Å². The number of amides is 1. The van der Waals surface area contributed by atoms with Gasteiger partial charge in [0.15, 0.2) is 10.9 Å². The molecule has 119 valence electrons. The highest BCUT2D eigenvalue weighted by atomic mass is 32.1. The second-order valence-corrected chi connectivity index (χ2v) is 6.44. The number of nitrogen functional groups attached to an aromatic ring is 1. The van der Waals surface area contributed by atoms with E-state index in [1.54, 1.807) is 24.6 Å². The van der Waals surface area contributed by atoms with Crippen LogP contribution in [-0.2, 0) is 0 Å². The Kier molecular flexibility index (Phi) is 4.40. The molecule has 1 aromatic heterocycles. The Morgan fingerprint density at radius 2 is 2.22 bits per heavy atom. The standard InChI is InChI=1S/C16H17N4O2S/c17-15(22)10-4-1-3-9(7-10)14-13(20-16(18)23-14)12(21)8-11-5-2-6-19-11/h1,3-4,7-8,11,19H,2,5-6H2,(H2,17,22)(H2,18,20). The molecular formula is C16H17N4O2S. The number of aromatic nitrogens is 1. The summed E-state index contributed by atoms with van der Waals surface area (Å²) in [5.74, 6) is -0.671. The Bertz CT molecular complexity index is 750. The molecule has 1 aliphatic heterocycles. The average Bonchev–Trinajstić information content (AvgIpc) is 3.16. The zero-order valence-electron chi connectivity index (χ0n) is 12.4. The van der Waals surface area contributed by atoms with E-state index in [2.05, 4.69) is 10.3 Å². The molecule has 1 amide bonds. The zero-order chi connectivity index (χ0) is 16.4. The number of rotatable bonds is 5. The maximum absolute atomic E-state index is 12.5. The van der Waals surface area contributed by atoms with Crippen LogP contribution in [0.3, 0.4) is 0 Å². The number of hydrogen-bond acceptors (Lipinski definition) is 6. The number of Topliss-reactive ketones (excluding diaryl/α,β-unsaturated/α-hetero) is 1. The molecular weight excluding hydrogens is 312 g/mol. The highest BCUT2D eigenvalue weighted by Gasteiger charge is 2.24. The minimum Gasteiger partial charge on any atom is -0.375 e. The van der Waals surface area contributed by atoms with Crippen molar-refractivity contribution in [3.63, 3.8) is 0 Å². The Balaban J connectivity index is 1.92. The molecule has 0 spiro atoms. The number of hydrogen-bond donors (Lipinski definition) is 3. The number of carbonyl (C=O) groups is 2. The van der Waals surface area contributed by atoms with Crippen molar-refractivity contribution in [1.82, 2.24) is 10.3 Å². The number of nitrogens with two attached hydrogens (primary N) is 2. The van der Waals surface area contributed by atoms with Gasteiger partial charge in [-0.1, -0.05) is 23.5 Å². The molecule has 2 aromatic rings. The van der Waals surface area contributed by atoms with Crippen molar-refractivity contribution in [3.05, 3.63) is 41.9 Å². The quantitative estimate of drug-likeness (QED) is 0.722. The molecule has 3 rings (SSSR count). The maximum atomic E-state index is 12.5. The SMILES string of the molecule is NC(=O)c1cccc(-c2sc(N)nc2C(=O)[CH]C2CCCN2)c1. The van der Waals surface area contributed by atoms with Crippen LogP contribution in [0.15, 0.2) is 24.3 Å². The number of thiazole rings is 1. The Morgan fingerprint density at radius 3 is 2.91 bits per heavy atom. The van der Waals surface area contributed by atoms with Gasteiger partial charge in [-0.05, 0) is 37.1 Å². The lowest BCUT2D eigenvalue weighted by atomic mass is 10.0. The molecule has 1 aliphatic rings. The Morgan fingerprint density at radius 1 is 1.39 bits per heavy atom. The van der Waals surface area contributed by atoms with Gasteiger partial charge >= 0.3 is 0 Å². The van der Waals surface area contributed by atoms with E-state index in [4.69, 9.17) is 11.5 Å². The Hall–Kier alpha value is -2.25. The molecule has 7 heteroatoms. The lowest BCUT2D eigenvalue weighted by Gasteiger charge is -2.08. The summed E-state index contributed by atoms with van der Waals surface area (Å²) in [5, 5.41) is 3.57. The number of ketones is 1. The summed E-state index contributed by atoms with van der Waals surface area (Å²) in [6.45, 7) is 0.918. The smallest absolute Gasteiger partial charge is 0.248 e. The zero-order valence-corrected chi connectivity index (χ0v) is 13.2. The predicted octanol–water partition coefficient (Wildman–Crippen LogP) is 1.63. The summed E-state index contributed by atoms with van der Waals surface area (Å²) in [5.41, 5.74) is 12.5. The lowest BCUT2D eigenvalue weighted by Crippen LogP contribution is -2.25. The van der Waals surface area contributed by atoms with Crippen molar-refractivity contribution in [2.45, 2.75) is 18.9 Å². The topological polar surface area (TPSA) is 111 Å². The molecule has 23 heavy (non-hydrogen) atoms. The van der Waals surface area contributed by atoms with Gasteiger partial charge in [0.05, 0.1) is 11.3 Å². The molecule has 1 saturated heterocycles. The van der Waals surface area contributed by atoms with Crippen molar-refractivity contribution in [2.24, 2.45) is 5.73 Å². The van der Waals surface area contributed by atoms with Crippen molar-refractivity contribution in [1.29, 1.82) is 0 Å². The third kappa shape index (κ3) is 3.40. The van der Waals surface area contributed by atoms with E-state index in [9.17, 15) is 9.59 Å². The summed E-state index contributed by atoms with van der Waals surface area (Å²) in [6.07, 6.45) is 3.65. The number of benzene rings is 1. The summed E-state index contributed by atoms with van der Waals surface area (Å²) in [6, 6.07) is 6.90. The minimum atomic E-state index is -0.515. The van der Waals surface area contributed by atoms with E-state index in [-0.39, 0.29) is 11.8 Å². The first-order chi connectivity index (χ1) is 11.0. The number of carbonyl (C=O) groups excluding carboxylic acids is 2. The van der Waals surface area contributed by atoms with E-state index >= 15 is 0 Å². The van der Waals surface area contributed by atoms with Crippen molar-refractivity contribution < 1.29 is 9.59 Å². The molecule has 1 aromatic carbocycles. The normalized spacial score (nSPS) is 17.3. The van der Waals surface area contributed by atoms with Gasteiger partial charge in [-0.2, -0.15) is 0 Å². The van der Waals surface area contributed by atoms with Gasteiger partial charge in [0, 0.05) is 11.6 Å².